The molecule has 2 nitrogen and oxygen atoms in total. The highest BCUT2D eigenvalue weighted by atomic mass is 16.1. The quantitative estimate of drug-likeness (QED) is 0.786. The van der Waals surface area contributed by atoms with Crippen LogP contribution in [0.25, 0.3) is 0 Å². The number of nitrogens with one attached hydrogen (secondary N) is 1. The molecule has 2 rings (SSSR count). The van der Waals surface area contributed by atoms with Gasteiger partial charge in [-0.1, -0.05) is 25.0 Å². The van der Waals surface area contributed by atoms with E-state index in [0.717, 1.165) is 5.56 Å². The van der Waals surface area contributed by atoms with E-state index in [1.54, 1.807) is 7.05 Å². The topological polar surface area (TPSA) is 29.1 Å². The molecule has 1 aliphatic carbocycles. The minimum absolute atomic E-state index is 0.00912. The predicted molar refractivity (Wildman–Crippen MR) is 61.0 cm³/mol. The number of benzene rings is 1. The van der Waals surface area contributed by atoms with Gasteiger partial charge in [-0.25, -0.2) is 0 Å². The molecule has 0 spiro atoms. The Morgan fingerprint density at radius 2 is 2.07 bits per heavy atom. The lowest BCUT2D eigenvalue weighted by molar-refractivity contribution is 0.0963. The number of hydrogen-bond acceptors (Lipinski definition) is 1. The van der Waals surface area contributed by atoms with Crippen molar-refractivity contribution in [3.8, 4) is 0 Å². The number of carbonyl (C=O) groups is 1. The van der Waals surface area contributed by atoms with Gasteiger partial charge in [0.05, 0.1) is 0 Å². The first-order chi connectivity index (χ1) is 7.31. The summed E-state index contributed by atoms with van der Waals surface area (Å²) in [6, 6.07) is 8.03. The van der Waals surface area contributed by atoms with Gasteiger partial charge < -0.3 is 5.32 Å². The molecule has 0 aliphatic heterocycles. The summed E-state index contributed by atoms with van der Waals surface area (Å²) in [5, 5.41) is 2.66. The molecule has 1 saturated carbocycles. The maximum atomic E-state index is 11.5. The second-order valence-electron chi connectivity index (χ2n) is 4.19. The Kier molecular flexibility index (Phi) is 3.05. The molecule has 0 atom stereocenters. The highest BCUT2D eigenvalue weighted by molar-refractivity contribution is 5.94. The van der Waals surface area contributed by atoms with Crippen molar-refractivity contribution in [2.75, 3.05) is 7.05 Å². The van der Waals surface area contributed by atoms with Crippen molar-refractivity contribution in [3.05, 3.63) is 35.4 Å². The Hall–Kier alpha value is -1.31. The molecule has 1 N–H and O–H groups in total. The van der Waals surface area contributed by atoms with Crippen LogP contribution in [-0.4, -0.2) is 13.0 Å². The SMILES string of the molecule is CNC(=O)c1cccc(C2CCCC2)c1. The van der Waals surface area contributed by atoms with E-state index < -0.39 is 0 Å². The zero-order valence-corrected chi connectivity index (χ0v) is 9.12. The molecule has 0 radical (unpaired) electrons. The molecule has 1 aromatic rings. The molecule has 80 valence electrons. The Bertz CT molecular complexity index is 353. The maximum Gasteiger partial charge on any atom is 0.251 e. The lowest BCUT2D eigenvalue weighted by Crippen LogP contribution is -2.17. The summed E-state index contributed by atoms with van der Waals surface area (Å²) in [5.41, 5.74) is 2.11. The van der Waals surface area contributed by atoms with E-state index >= 15 is 0 Å². The minimum atomic E-state index is 0.00912. The molecular weight excluding hydrogens is 186 g/mol. The van der Waals surface area contributed by atoms with Gasteiger partial charge in [-0.05, 0) is 36.5 Å². The van der Waals surface area contributed by atoms with Gasteiger partial charge in [0.2, 0.25) is 0 Å². The van der Waals surface area contributed by atoms with Crippen molar-refractivity contribution in [1.29, 1.82) is 0 Å². The molecule has 0 bridgehead atoms. The van der Waals surface area contributed by atoms with E-state index in [4.69, 9.17) is 0 Å². The summed E-state index contributed by atoms with van der Waals surface area (Å²) in [7, 11) is 1.67. The molecule has 0 saturated heterocycles. The van der Waals surface area contributed by atoms with E-state index in [-0.39, 0.29) is 5.91 Å². The highest BCUT2D eigenvalue weighted by Crippen LogP contribution is 2.34. The van der Waals surface area contributed by atoms with Crippen LogP contribution in [0.5, 0.6) is 0 Å². The highest BCUT2D eigenvalue weighted by Gasteiger charge is 2.17. The number of hydrogen-bond donors (Lipinski definition) is 1. The Morgan fingerprint density at radius 1 is 1.33 bits per heavy atom. The molecule has 0 heterocycles. The van der Waals surface area contributed by atoms with Crippen LogP contribution in [0.15, 0.2) is 24.3 Å². The van der Waals surface area contributed by atoms with Crippen LogP contribution in [0.2, 0.25) is 0 Å². The van der Waals surface area contributed by atoms with Crippen molar-refractivity contribution in [1.82, 2.24) is 5.32 Å². The third-order valence-corrected chi connectivity index (χ3v) is 3.20. The third-order valence-electron chi connectivity index (χ3n) is 3.20. The zero-order valence-electron chi connectivity index (χ0n) is 9.12. The lowest BCUT2D eigenvalue weighted by atomic mass is 9.96. The average Bonchev–Trinajstić information content (AvgIpc) is 2.82. The first kappa shape index (κ1) is 10.2. The second kappa shape index (κ2) is 4.47. The molecule has 1 aliphatic rings. The molecular formula is C13H17NO. The summed E-state index contributed by atoms with van der Waals surface area (Å²) < 4.78 is 0. The zero-order chi connectivity index (χ0) is 10.7. The van der Waals surface area contributed by atoms with Crippen LogP contribution in [0.4, 0.5) is 0 Å². The van der Waals surface area contributed by atoms with Crippen molar-refractivity contribution >= 4 is 5.91 Å². The van der Waals surface area contributed by atoms with Gasteiger partial charge >= 0.3 is 0 Å². The van der Waals surface area contributed by atoms with Gasteiger partial charge in [0.1, 0.15) is 0 Å². The number of rotatable bonds is 2. The van der Waals surface area contributed by atoms with E-state index in [1.165, 1.54) is 31.2 Å². The van der Waals surface area contributed by atoms with Crippen LogP contribution in [-0.2, 0) is 0 Å². The van der Waals surface area contributed by atoms with Crippen LogP contribution < -0.4 is 5.32 Å². The second-order valence-corrected chi connectivity index (χ2v) is 4.19. The molecule has 1 amide bonds. The summed E-state index contributed by atoms with van der Waals surface area (Å²) >= 11 is 0. The van der Waals surface area contributed by atoms with Gasteiger partial charge in [0, 0.05) is 12.6 Å². The van der Waals surface area contributed by atoms with Crippen molar-refractivity contribution < 1.29 is 4.79 Å². The van der Waals surface area contributed by atoms with Gasteiger partial charge in [0.15, 0.2) is 0 Å². The average molecular weight is 203 g/mol. The molecule has 2 heteroatoms. The molecule has 1 aromatic carbocycles. The van der Waals surface area contributed by atoms with Gasteiger partial charge in [0.25, 0.3) is 5.91 Å². The van der Waals surface area contributed by atoms with E-state index in [2.05, 4.69) is 11.4 Å². The van der Waals surface area contributed by atoms with Gasteiger partial charge in [-0.3, -0.25) is 4.79 Å². The minimum Gasteiger partial charge on any atom is -0.355 e. The summed E-state index contributed by atoms with van der Waals surface area (Å²) in [5.74, 6) is 0.685. The largest absolute Gasteiger partial charge is 0.355 e. The first-order valence-corrected chi connectivity index (χ1v) is 5.63. The fourth-order valence-corrected chi connectivity index (χ4v) is 2.34. The first-order valence-electron chi connectivity index (χ1n) is 5.63. The van der Waals surface area contributed by atoms with Crippen LogP contribution >= 0.6 is 0 Å². The standard InChI is InChI=1S/C13H17NO/c1-14-13(15)12-8-4-7-11(9-12)10-5-2-3-6-10/h4,7-10H,2-3,5-6H2,1H3,(H,14,15). The number of carbonyl (C=O) groups excluding carboxylic acids is 1. The van der Waals surface area contributed by atoms with Gasteiger partial charge in [-0.2, -0.15) is 0 Å². The fourth-order valence-electron chi connectivity index (χ4n) is 2.34. The van der Waals surface area contributed by atoms with Crippen molar-refractivity contribution in [3.63, 3.8) is 0 Å². The predicted octanol–water partition coefficient (Wildman–Crippen LogP) is 2.70. The summed E-state index contributed by atoms with van der Waals surface area (Å²) in [6.45, 7) is 0. The Balaban J connectivity index is 2.21. The fraction of sp³-hybridized carbons (Fsp3) is 0.462. The van der Waals surface area contributed by atoms with E-state index in [1.807, 2.05) is 18.2 Å². The maximum absolute atomic E-state index is 11.5. The summed E-state index contributed by atoms with van der Waals surface area (Å²) in [6.07, 6.45) is 5.21. The number of amides is 1. The lowest BCUT2D eigenvalue weighted by Gasteiger charge is -2.10. The van der Waals surface area contributed by atoms with E-state index in [9.17, 15) is 4.79 Å². The Labute approximate surface area is 90.7 Å². The van der Waals surface area contributed by atoms with Crippen LogP contribution in [0.3, 0.4) is 0 Å². The van der Waals surface area contributed by atoms with Crippen molar-refractivity contribution in [2.24, 2.45) is 0 Å². The van der Waals surface area contributed by atoms with Crippen LogP contribution in [0.1, 0.15) is 47.5 Å². The van der Waals surface area contributed by atoms with Crippen molar-refractivity contribution in [2.45, 2.75) is 31.6 Å². The monoisotopic (exact) mass is 203 g/mol. The summed E-state index contributed by atoms with van der Waals surface area (Å²) in [4.78, 5) is 11.5. The molecule has 15 heavy (non-hydrogen) atoms. The molecule has 0 unspecified atom stereocenters. The van der Waals surface area contributed by atoms with Crippen LogP contribution in [0, 0.1) is 0 Å². The van der Waals surface area contributed by atoms with Gasteiger partial charge in [-0.15, -0.1) is 0 Å². The van der Waals surface area contributed by atoms with E-state index in [0.29, 0.717) is 5.92 Å². The third kappa shape index (κ3) is 2.20. The normalized spacial score (nSPS) is 16.6. The smallest absolute Gasteiger partial charge is 0.251 e. The molecule has 1 fully saturated rings. The Morgan fingerprint density at radius 3 is 2.73 bits per heavy atom. The molecule has 0 aromatic heterocycles.